The van der Waals surface area contributed by atoms with Crippen LogP contribution in [0.5, 0.6) is 0 Å². The number of nitrogens with one attached hydrogen (secondary N) is 1. The van der Waals surface area contributed by atoms with E-state index < -0.39 is 0 Å². The summed E-state index contributed by atoms with van der Waals surface area (Å²) in [5.41, 5.74) is 7.56. The molecule has 0 aliphatic heterocycles. The van der Waals surface area contributed by atoms with Gasteiger partial charge in [-0.15, -0.1) is 0 Å². The van der Waals surface area contributed by atoms with Crippen molar-refractivity contribution in [3.63, 3.8) is 0 Å². The molecular formula is C14H22N2O. The molecule has 1 aromatic carbocycles. The first-order valence-electron chi connectivity index (χ1n) is 5.98. The highest BCUT2D eigenvalue weighted by atomic mass is 16.1. The number of rotatable bonds is 4. The molecule has 0 atom stereocenters. The topological polar surface area (TPSA) is 55.1 Å². The van der Waals surface area contributed by atoms with E-state index in [0.717, 1.165) is 24.2 Å². The lowest BCUT2D eigenvalue weighted by atomic mass is 9.92. The Morgan fingerprint density at radius 2 is 1.82 bits per heavy atom. The maximum absolute atomic E-state index is 11.6. The first-order chi connectivity index (χ1) is 7.87. The van der Waals surface area contributed by atoms with Gasteiger partial charge in [0, 0.05) is 12.2 Å². The number of carbonyl (C=O) groups excluding carboxylic acids is 1. The van der Waals surface area contributed by atoms with Crippen LogP contribution in [0.25, 0.3) is 0 Å². The normalized spacial score (nSPS) is 11.2. The van der Waals surface area contributed by atoms with E-state index in [9.17, 15) is 4.79 Å². The van der Waals surface area contributed by atoms with Crippen LogP contribution in [0.4, 0.5) is 5.69 Å². The first kappa shape index (κ1) is 13.6. The van der Waals surface area contributed by atoms with Crippen molar-refractivity contribution < 1.29 is 4.79 Å². The number of hydrogen-bond donors (Lipinski definition) is 2. The van der Waals surface area contributed by atoms with Crippen molar-refractivity contribution in [1.29, 1.82) is 0 Å². The van der Waals surface area contributed by atoms with Gasteiger partial charge in [0.1, 0.15) is 0 Å². The Morgan fingerprint density at radius 1 is 1.24 bits per heavy atom. The van der Waals surface area contributed by atoms with Gasteiger partial charge in [0.15, 0.2) is 0 Å². The summed E-state index contributed by atoms with van der Waals surface area (Å²) in [6, 6.07) is 7.41. The van der Waals surface area contributed by atoms with Gasteiger partial charge < -0.3 is 11.1 Å². The summed E-state index contributed by atoms with van der Waals surface area (Å²) >= 11 is 0. The summed E-state index contributed by atoms with van der Waals surface area (Å²) < 4.78 is 0. The fraction of sp³-hybridized carbons (Fsp3) is 0.500. The second-order valence-electron chi connectivity index (χ2n) is 5.58. The fourth-order valence-corrected chi connectivity index (χ4v) is 1.46. The summed E-state index contributed by atoms with van der Waals surface area (Å²) in [6.45, 7) is 7.23. The molecule has 17 heavy (non-hydrogen) atoms. The predicted molar refractivity (Wildman–Crippen MR) is 71.6 cm³/mol. The van der Waals surface area contributed by atoms with Crippen LogP contribution in [0.15, 0.2) is 24.3 Å². The van der Waals surface area contributed by atoms with Gasteiger partial charge in [-0.1, -0.05) is 32.9 Å². The second-order valence-corrected chi connectivity index (χ2v) is 5.58. The maximum atomic E-state index is 11.6. The smallest absolute Gasteiger partial charge is 0.224 e. The molecule has 3 N–H and O–H groups in total. The quantitative estimate of drug-likeness (QED) is 0.786. The van der Waals surface area contributed by atoms with Crippen molar-refractivity contribution in [1.82, 2.24) is 5.32 Å². The highest BCUT2D eigenvalue weighted by Crippen LogP contribution is 2.16. The SMILES string of the molecule is CC(C)(C)CCNC(=O)Cc1ccc(N)cc1. The minimum absolute atomic E-state index is 0.0685. The molecule has 1 aromatic rings. The van der Waals surface area contributed by atoms with Gasteiger partial charge in [-0.05, 0) is 29.5 Å². The Labute approximate surface area is 103 Å². The van der Waals surface area contributed by atoms with E-state index in [0.29, 0.717) is 6.42 Å². The van der Waals surface area contributed by atoms with Crippen LogP contribution in [-0.4, -0.2) is 12.5 Å². The van der Waals surface area contributed by atoms with Gasteiger partial charge >= 0.3 is 0 Å². The number of carbonyl (C=O) groups is 1. The Kier molecular flexibility index (Phi) is 4.55. The molecule has 3 nitrogen and oxygen atoms in total. The largest absolute Gasteiger partial charge is 0.399 e. The second kappa shape index (κ2) is 5.71. The van der Waals surface area contributed by atoms with E-state index >= 15 is 0 Å². The van der Waals surface area contributed by atoms with Gasteiger partial charge in [0.25, 0.3) is 0 Å². The van der Waals surface area contributed by atoms with Crippen LogP contribution in [0.2, 0.25) is 0 Å². The average molecular weight is 234 g/mol. The number of benzene rings is 1. The minimum atomic E-state index is 0.0685. The summed E-state index contributed by atoms with van der Waals surface area (Å²) in [5.74, 6) is 0.0685. The summed E-state index contributed by atoms with van der Waals surface area (Å²) in [4.78, 5) is 11.6. The molecule has 0 aliphatic rings. The van der Waals surface area contributed by atoms with Crippen molar-refractivity contribution in [2.75, 3.05) is 12.3 Å². The van der Waals surface area contributed by atoms with E-state index in [1.165, 1.54) is 0 Å². The molecule has 0 radical (unpaired) electrons. The monoisotopic (exact) mass is 234 g/mol. The zero-order valence-corrected chi connectivity index (χ0v) is 10.9. The molecule has 0 saturated carbocycles. The number of amides is 1. The third kappa shape index (κ3) is 5.95. The molecule has 3 heteroatoms. The molecule has 0 aromatic heterocycles. The van der Waals surface area contributed by atoms with Crippen molar-refractivity contribution in [2.24, 2.45) is 5.41 Å². The number of hydrogen-bond acceptors (Lipinski definition) is 2. The molecule has 0 spiro atoms. The van der Waals surface area contributed by atoms with Crippen molar-refractivity contribution in [2.45, 2.75) is 33.6 Å². The van der Waals surface area contributed by atoms with Crippen LogP contribution in [0, 0.1) is 5.41 Å². The molecule has 0 saturated heterocycles. The van der Waals surface area contributed by atoms with Gasteiger partial charge in [-0.25, -0.2) is 0 Å². The molecule has 0 unspecified atom stereocenters. The van der Waals surface area contributed by atoms with Crippen molar-refractivity contribution in [3.05, 3.63) is 29.8 Å². The number of anilines is 1. The molecule has 0 fully saturated rings. The Hall–Kier alpha value is -1.51. The lowest BCUT2D eigenvalue weighted by Crippen LogP contribution is -2.28. The summed E-state index contributed by atoms with van der Waals surface area (Å²) in [5, 5.41) is 2.93. The highest BCUT2D eigenvalue weighted by molar-refractivity contribution is 5.78. The Balaban J connectivity index is 2.32. The number of nitrogen functional groups attached to an aromatic ring is 1. The van der Waals surface area contributed by atoms with Gasteiger partial charge in [0.05, 0.1) is 6.42 Å². The zero-order chi connectivity index (χ0) is 12.9. The summed E-state index contributed by atoms with van der Waals surface area (Å²) in [6.07, 6.45) is 1.41. The van der Waals surface area contributed by atoms with E-state index in [1.54, 1.807) is 0 Å². The first-order valence-corrected chi connectivity index (χ1v) is 5.98. The molecule has 0 heterocycles. The summed E-state index contributed by atoms with van der Waals surface area (Å²) in [7, 11) is 0. The van der Waals surface area contributed by atoms with E-state index in [2.05, 4.69) is 26.1 Å². The average Bonchev–Trinajstić information content (AvgIpc) is 2.19. The van der Waals surface area contributed by atoms with Gasteiger partial charge in [0.2, 0.25) is 5.91 Å². The molecule has 1 amide bonds. The van der Waals surface area contributed by atoms with E-state index in [4.69, 9.17) is 5.73 Å². The van der Waals surface area contributed by atoms with Crippen molar-refractivity contribution >= 4 is 11.6 Å². The van der Waals surface area contributed by atoms with Gasteiger partial charge in [-0.2, -0.15) is 0 Å². The van der Waals surface area contributed by atoms with E-state index in [-0.39, 0.29) is 11.3 Å². The third-order valence-electron chi connectivity index (χ3n) is 2.54. The third-order valence-corrected chi connectivity index (χ3v) is 2.54. The fourth-order valence-electron chi connectivity index (χ4n) is 1.46. The highest BCUT2D eigenvalue weighted by Gasteiger charge is 2.10. The predicted octanol–water partition coefficient (Wildman–Crippen LogP) is 2.36. The minimum Gasteiger partial charge on any atom is -0.399 e. The zero-order valence-electron chi connectivity index (χ0n) is 10.9. The molecule has 0 bridgehead atoms. The standard InChI is InChI=1S/C14H22N2O/c1-14(2,3)8-9-16-13(17)10-11-4-6-12(15)7-5-11/h4-7H,8-10,15H2,1-3H3,(H,16,17). The lowest BCUT2D eigenvalue weighted by molar-refractivity contribution is -0.120. The molecule has 1 rings (SSSR count). The van der Waals surface area contributed by atoms with Crippen LogP contribution in [0.3, 0.4) is 0 Å². The number of nitrogens with two attached hydrogens (primary N) is 1. The maximum Gasteiger partial charge on any atom is 0.224 e. The molecule has 0 aliphatic carbocycles. The molecular weight excluding hydrogens is 212 g/mol. The van der Waals surface area contributed by atoms with Gasteiger partial charge in [-0.3, -0.25) is 4.79 Å². The Bertz CT molecular complexity index is 363. The lowest BCUT2D eigenvalue weighted by Gasteiger charge is -2.18. The van der Waals surface area contributed by atoms with Crippen LogP contribution >= 0.6 is 0 Å². The van der Waals surface area contributed by atoms with Crippen LogP contribution < -0.4 is 11.1 Å². The van der Waals surface area contributed by atoms with Crippen molar-refractivity contribution in [3.8, 4) is 0 Å². The Morgan fingerprint density at radius 3 is 2.35 bits per heavy atom. The molecule has 94 valence electrons. The van der Waals surface area contributed by atoms with E-state index in [1.807, 2.05) is 24.3 Å². The van der Waals surface area contributed by atoms with Crippen LogP contribution in [-0.2, 0) is 11.2 Å². The van der Waals surface area contributed by atoms with Crippen LogP contribution in [0.1, 0.15) is 32.8 Å².